The minimum absolute atomic E-state index is 0.186. The minimum atomic E-state index is -0.310. The minimum Gasteiger partial charge on any atom is -0.367 e. The maximum Gasteiger partial charge on any atom is 0.251 e. The number of hydrogen-bond acceptors (Lipinski definition) is 4. The zero-order chi connectivity index (χ0) is 22.3. The lowest BCUT2D eigenvalue weighted by molar-refractivity contribution is 0.0947. The van der Waals surface area contributed by atoms with E-state index in [-0.39, 0.29) is 11.7 Å². The SMILES string of the molecule is CCN1CCN(c2ccc(C(=O)NCC3CCN(CCc4ccccc4)C3)cc2F)CC1. The van der Waals surface area contributed by atoms with Crippen LogP contribution in [0.1, 0.15) is 29.3 Å². The predicted octanol–water partition coefficient (Wildman–Crippen LogP) is 3.26. The highest BCUT2D eigenvalue weighted by Gasteiger charge is 2.23. The van der Waals surface area contributed by atoms with Gasteiger partial charge < -0.3 is 20.0 Å². The second-order valence-electron chi connectivity index (χ2n) is 8.99. The highest BCUT2D eigenvalue weighted by Crippen LogP contribution is 2.22. The Balaban J connectivity index is 1.22. The molecule has 2 aromatic rings. The monoisotopic (exact) mass is 438 g/mol. The average molecular weight is 439 g/mol. The van der Waals surface area contributed by atoms with Crippen LogP contribution in [0.2, 0.25) is 0 Å². The van der Waals surface area contributed by atoms with Crippen LogP contribution in [0, 0.1) is 11.7 Å². The van der Waals surface area contributed by atoms with Crippen molar-refractivity contribution < 1.29 is 9.18 Å². The molecular formula is C26H35FN4O. The number of likely N-dealkylation sites (tertiary alicyclic amines) is 1. The van der Waals surface area contributed by atoms with Crippen molar-refractivity contribution in [3.05, 3.63) is 65.5 Å². The summed E-state index contributed by atoms with van der Waals surface area (Å²) in [5, 5.41) is 3.02. The van der Waals surface area contributed by atoms with E-state index in [1.165, 1.54) is 11.6 Å². The third-order valence-corrected chi connectivity index (χ3v) is 6.85. The molecule has 1 N–H and O–H groups in total. The summed E-state index contributed by atoms with van der Waals surface area (Å²) in [5.74, 6) is -0.0433. The van der Waals surface area contributed by atoms with E-state index < -0.39 is 0 Å². The topological polar surface area (TPSA) is 38.8 Å². The molecule has 0 saturated carbocycles. The lowest BCUT2D eigenvalue weighted by atomic mass is 10.1. The van der Waals surface area contributed by atoms with Crippen LogP contribution in [0.25, 0.3) is 0 Å². The molecular weight excluding hydrogens is 403 g/mol. The summed E-state index contributed by atoms with van der Waals surface area (Å²) in [5.41, 5.74) is 2.36. The first-order valence-electron chi connectivity index (χ1n) is 11.9. The molecule has 2 heterocycles. The molecule has 1 unspecified atom stereocenters. The number of likely N-dealkylation sites (N-methyl/N-ethyl adjacent to an activating group) is 1. The third kappa shape index (κ3) is 5.87. The lowest BCUT2D eigenvalue weighted by Gasteiger charge is -2.35. The van der Waals surface area contributed by atoms with Crippen LogP contribution >= 0.6 is 0 Å². The fourth-order valence-corrected chi connectivity index (χ4v) is 4.76. The summed E-state index contributed by atoms with van der Waals surface area (Å²) >= 11 is 0. The smallest absolute Gasteiger partial charge is 0.251 e. The first kappa shape index (κ1) is 22.7. The highest BCUT2D eigenvalue weighted by molar-refractivity contribution is 5.94. The van der Waals surface area contributed by atoms with Crippen molar-refractivity contribution in [2.75, 3.05) is 63.8 Å². The number of carbonyl (C=O) groups is 1. The molecule has 0 spiro atoms. The number of amides is 1. The van der Waals surface area contributed by atoms with Gasteiger partial charge in [0, 0.05) is 51.4 Å². The molecule has 32 heavy (non-hydrogen) atoms. The number of piperazine rings is 1. The van der Waals surface area contributed by atoms with Crippen molar-refractivity contribution in [2.24, 2.45) is 5.92 Å². The van der Waals surface area contributed by atoms with Gasteiger partial charge in [0.05, 0.1) is 5.69 Å². The molecule has 1 atom stereocenters. The van der Waals surface area contributed by atoms with Gasteiger partial charge in [-0.05, 0) is 55.6 Å². The quantitative estimate of drug-likeness (QED) is 0.687. The van der Waals surface area contributed by atoms with Crippen LogP contribution in [0.5, 0.6) is 0 Å². The summed E-state index contributed by atoms with van der Waals surface area (Å²) in [6, 6.07) is 15.4. The van der Waals surface area contributed by atoms with Crippen LogP contribution in [0.4, 0.5) is 10.1 Å². The molecule has 6 heteroatoms. The lowest BCUT2D eigenvalue weighted by Crippen LogP contribution is -2.46. The largest absolute Gasteiger partial charge is 0.367 e. The Morgan fingerprint density at radius 1 is 1.03 bits per heavy atom. The molecule has 5 nitrogen and oxygen atoms in total. The van der Waals surface area contributed by atoms with Crippen LogP contribution in [-0.4, -0.2) is 74.6 Å². The average Bonchev–Trinajstić information content (AvgIpc) is 3.30. The van der Waals surface area contributed by atoms with E-state index in [1.54, 1.807) is 12.1 Å². The number of nitrogens with one attached hydrogen (secondary N) is 1. The first-order valence-corrected chi connectivity index (χ1v) is 11.9. The van der Waals surface area contributed by atoms with Gasteiger partial charge in [-0.2, -0.15) is 0 Å². The Kier molecular flexibility index (Phi) is 7.76. The third-order valence-electron chi connectivity index (χ3n) is 6.85. The zero-order valence-corrected chi connectivity index (χ0v) is 19.1. The van der Waals surface area contributed by atoms with Gasteiger partial charge in [-0.15, -0.1) is 0 Å². The van der Waals surface area contributed by atoms with Gasteiger partial charge in [0.15, 0.2) is 0 Å². The molecule has 0 aliphatic carbocycles. The van der Waals surface area contributed by atoms with Gasteiger partial charge in [-0.25, -0.2) is 4.39 Å². The van der Waals surface area contributed by atoms with E-state index >= 15 is 0 Å². The molecule has 2 aromatic carbocycles. The molecule has 2 aliphatic heterocycles. The maximum atomic E-state index is 14.7. The summed E-state index contributed by atoms with van der Waals surface area (Å²) in [6.07, 6.45) is 2.14. The molecule has 0 aromatic heterocycles. The number of nitrogens with zero attached hydrogens (tertiary/aromatic N) is 3. The van der Waals surface area contributed by atoms with Gasteiger partial charge in [-0.3, -0.25) is 4.79 Å². The van der Waals surface area contributed by atoms with Crippen LogP contribution in [0.15, 0.2) is 48.5 Å². The Labute approximate surface area is 191 Å². The Morgan fingerprint density at radius 3 is 2.53 bits per heavy atom. The van der Waals surface area contributed by atoms with E-state index in [1.807, 2.05) is 6.07 Å². The fourth-order valence-electron chi connectivity index (χ4n) is 4.76. The Hall–Kier alpha value is -2.44. The normalized spacial score (nSPS) is 19.9. The highest BCUT2D eigenvalue weighted by atomic mass is 19.1. The first-order chi connectivity index (χ1) is 15.6. The van der Waals surface area contributed by atoms with Crippen LogP contribution in [-0.2, 0) is 6.42 Å². The van der Waals surface area contributed by atoms with Crippen molar-refractivity contribution in [2.45, 2.75) is 19.8 Å². The van der Waals surface area contributed by atoms with Crippen molar-refractivity contribution in [1.29, 1.82) is 0 Å². The second-order valence-corrected chi connectivity index (χ2v) is 8.99. The zero-order valence-electron chi connectivity index (χ0n) is 19.1. The van der Waals surface area contributed by atoms with Crippen molar-refractivity contribution in [3.63, 3.8) is 0 Å². The summed E-state index contributed by atoms with van der Waals surface area (Å²) < 4.78 is 14.7. The predicted molar refractivity (Wildman–Crippen MR) is 128 cm³/mol. The van der Waals surface area contributed by atoms with Crippen LogP contribution in [0.3, 0.4) is 0 Å². The van der Waals surface area contributed by atoms with Gasteiger partial charge in [0.2, 0.25) is 0 Å². The summed E-state index contributed by atoms with van der Waals surface area (Å²) in [7, 11) is 0. The molecule has 0 radical (unpaired) electrons. The van der Waals surface area contributed by atoms with Gasteiger partial charge >= 0.3 is 0 Å². The number of rotatable bonds is 8. The number of anilines is 1. The fraction of sp³-hybridized carbons (Fsp3) is 0.500. The van der Waals surface area contributed by atoms with Gasteiger partial charge in [-0.1, -0.05) is 37.3 Å². The molecule has 2 fully saturated rings. The Morgan fingerprint density at radius 2 is 1.81 bits per heavy atom. The number of benzene rings is 2. The number of hydrogen-bond donors (Lipinski definition) is 1. The molecule has 172 valence electrons. The number of halogens is 1. The molecule has 2 aliphatic rings. The molecule has 4 rings (SSSR count). The maximum absolute atomic E-state index is 14.7. The van der Waals surface area contributed by atoms with E-state index in [4.69, 9.17) is 0 Å². The van der Waals surface area contributed by atoms with Crippen molar-refractivity contribution in [3.8, 4) is 0 Å². The van der Waals surface area contributed by atoms with Crippen molar-refractivity contribution in [1.82, 2.24) is 15.1 Å². The molecule has 2 saturated heterocycles. The van der Waals surface area contributed by atoms with Crippen molar-refractivity contribution >= 4 is 11.6 Å². The van der Waals surface area contributed by atoms with Gasteiger partial charge in [0.25, 0.3) is 5.91 Å². The number of carbonyl (C=O) groups excluding carboxylic acids is 1. The summed E-state index contributed by atoms with van der Waals surface area (Å²) in [4.78, 5) is 19.5. The standard InChI is InChI=1S/C26H35FN4O/c1-2-29-14-16-31(17-15-29)25-9-8-23(18-24(25)27)26(32)28-19-22-11-13-30(20-22)12-10-21-6-4-3-5-7-21/h3-9,18,22H,2,10-17,19-20H2,1H3,(H,28,32). The Bertz CT molecular complexity index is 883. The molecule has 1 amide bonds. The van der Waals surface area contributed by atoms with E-state index in [9.17, 15) is 9.18 Å². The van der Waals surface area contributed by atoms with E-state index in [2.05, 4.69) is 51.2 Å². The van der Waals surface area contributed by atoms with E-state index in [0.29, 0.717) is 23.7 Å². The van der Waals surface area contributed by atoms with E-state index in [0.717, 1.165) is 65.2 Å². The van der Waals surface area contributed by atoms with Crippen LogP contribution < -0.4 is 10.2 Å². The second kappa shape index (κ2) is 10.9. The summed E-state index contributed by atoms with van der Waals surface area (Å²) in [6.45, 7) is 10.5. The molecule has 0 bridgehead atoms. The van der Waals surface area contributed by atoms with Gasteiger partial charge in [0.1, 0.15) is 5.82 Å².